The van der Waals surface area contributed by atoms with E-state index < -0.39 is 5.91 Å². The molecule has 0 saturated heterocycles. The molecule has 0 aliphatic rings. The molecular formula is C9H12N2O3. The third-order valence-electron chi connectivity index (χ3n) is 1.77. The lowest BCUT2D eigenvalue weighted by Gasteiger charge is -2.11. The number of rotatable bonds is 3. The number of carbonyl (C=O) groups excluding carboxylic acids is 1. The average molecular weight is 196 g/mol. The molecule has 0 aliphatic carbocycles. The molecule has 14 heavy (non-hydrogen) atoms. The topological polar surface area (TPSA) is 87.6 Å². The predicted octanol–water partition coefficient (Wildman–Crippen LogP) is 0.385. The normalized spacial score (nSPS) is 9.57. The van der Waals surface area contributed by atoms with Crippen molar-refractivity contribution in [1.29, 1.82) is 0 Å². The third-order valence-corrected chi connectivity index (χ3v) is 1.77. The van der Waals surface area contributed by atoms with Crippen LogP contribution in [0.5, 0.6) is 11.5 Å². The van der Waals surface area contributed by atoms with Crippen LogP contribution in [0.4, 0.5) is 5.69 Å². The van der Waals surface area contributed by atoms with E-state index in [1.807, 2.05) is 0 Å². The van der Waals surface area contributed by atoms with Crippen LogP contribution in [0, 0.1) is 0 Å². The number of primary amides is 1. The van der Waals surface area contributed by atoms with Crippen molar-refractivity contribution >= 4 is 11.6 Å². The summed E-state index contributed by atoms with van der Waals surface area (Å²) in [6.45, 7) is 0. The maximum absolute atomic E-state index is 11.0. The first kappa shape index (κ1) is 10.2. The highest BCUT2D eigenvalue weighted by molar-refractivity contribution is 5.97. The first-order chi connectivity index (χ1) is 6.60. The summed E-state index contributed by atoms with van der Waals surface area (Å²) >= 11 is 0. The number of hydrogen-bond donors (Lipinski definition) is 2. The number of anilines is 1. The van der Waals surface area contributed by atoms with E-state index in [4.69, 9.17) is 20.9 Å². The fourth-order valence-corrected chi connectivity index (χ4v) is 1.17. The molecule has 0 aromatic heterocycles. The zero-order valence-corrected chi connectivity index (χ0v) is 8.03. The molecule has 5 heteroatoms. The van der Waals surface area contributed by atoms with Crippen molar-refractivity contribution in [1.82, 2.24) is 0 Å². The van der Waals surface area contributed by atoms with E-state index >= 15 is 0 Å². The quantitative estimate of drug-likeness (QED) is 0.684. The standard InChI is InChI=1S/C9H12N2O3/c1-13-7-4-5(10)3-6(9(11)12)8(7)14-2/h3-4H,10H2,1-2H3,(H2,11,12). The second-order valence-corrected chi connectivity index (χ2v) is 2.67. The van der Waals surface area contributed by atoms with Gasteiger partial charge in [0.15, 0.2) is 11.5 Å². The summed E-state index contributed by atoms with van der Waals surface area (Å²) in [6.07, 6.45) is 0. The van der Waals surface area contributed by atoms with Gasteiger partial charge in [-0.15, -0.1) is 0 Å². The molecule has 0 saturated carbocycles. The minimum Gasteiger partial charge on any atom is -0.493 e. The lowest BCUT2D eigenvalue weighted by molar-refractivity contribution is 0.0997. The summed E-state index contributed by atoms with van der Waals surface area (Å²) < 4.78 is 10.00. The first-order valence-corrected chi connectivity index (χ1v) is 3.91. The molecule has 1 rings (SSSR count). The zero-order chi connectivity index (χ0) is 10.7. The maximum atomic E-state index is 11.0. The Balaban J connectivity index is 3.39. The minimum atomic E-state index is -0.604. The van der Waals surface area contributed by atoms with Crippen molar-refractivity contribution in [2.24, 2.45) is 5.73 Å². The second-order valence-electron chi connectivity index (χ2n) is 2.67. The van der Waals surface area contributed by atoms with Crippen molar-refractivity contribution in [3.63, 3.8) is 0 Å². The second kappa shape index (κ2) is 3.87. The summed E-state index contributed by atoms with van der Waals surface area (Å²) in [5.41, 5.74) is 11.3. The molecule has 0 heterocycles. The van der Waals surface area contributed by atoms with E-state index in [0.29, 0.717) is 17.2 Å². The molecule has 1 aromatic rings. The Labute approximate surface area is 81.6 Å². The van der Waals surface area contributed by atoms with Crippen molar-refractivity contribution in [3.8, 4) is 11.5 Å². The van der Waals surface area contributed by atoms with E-state index in [1.165, 1.54) is 20.3 Å². The summed E-state index contributed by atoms with van der Waals surface area (Å²) in [4.78, 5) is 11.0. The van der Waals surface area contributed by atoms with Crippen LogP contribution < -0.4 is 20.9 Å². The van der Waals surface area contributed by atoms with Crippen molar-refractivity contribution in [3.05, 3.63) is 17.7 Å². The number of carbonyl (C=O) groups is 1. The van der Waals surface area contributed by atoms with Gasteiger partial charge in [-0.1, -0.05) is 0 Å². The molecular weight excluding hydrogens is 184 g/mol. The Kier molecular flexibility index (Phi) is 2.81. The monoisotopic (exact) mass is 196 g/mol. The number of amides is 1. The van der Waals surface area contributed by atoms with Crippen LogP contribution in [0.3, 0.4) is 0 Å². The molecule has 0 atom stereocenters. The summed E-state index contributed by atoms with van der Waals surface area (Å²) in [5.74, 6) is 0.0861. The van der Waals surface area contributed by atoms with Gasteiger partial charge in [-0.3, -0.25) is 4.79 Å². The van der Waals surface area contributed by atoms with Crippen LogP contribution in [-0.4, -0.2) is 20.1 Å². The van der Waals surface area contributed by atoms with Crippen LogP contribution in [0.25, 0.3) is 0 Å². The fraction of sp³-hybridized carbons (Fsp3) is 0.222. The summed E-state index contributed by atoms with van der Waals surface area (Å²) in [6, 6.07) is 3.01. The van der Waals surface area contributed by atoms with Gasteiger partial charge in [-0.05, 0) is 6.07 Å². The van der Waals surface area contributed by atoms with Gasteiger partial charge in [0.05, 0.1) is 19.8 Å². The Morgan fingerprint density at radius 1 is 1.29 bits per heavy atom. The molecule has 0 bridgehead atoms. The Hall–Kier alpha value is -1.91. The SMILES string of the molecule is COc1cc(N)cc(C(N)=O)c1OC. The van der Waals surface area contributed by atoms with Crippen LogP contribution in [0.1, 0.15) is 10.4 Å². The number of hydrogen-bond acceptors (Lipinski definition) is 4. The molecule has 1 aromatic carbocycles. The van der Waals surface area contributed by atoms with Crippen LogP contribution in [-0.2, 0) is 0 Å². The van der Waals surface area contributed by atoms with Crippen LogP contribution in [0.2, 0.25) is 0 Å². The first-order valence-electron chi connectivity index (χ1n) is 3.91. The fourth-order valence-electron chi connectivity index (χ4n) is 1.17. The Morgan fingerprint density at radius 2 is 1.93 bits per heavy atom. The van der Waals surface area contributed by atoms with E-state index in [1.54, 1.807) is 6.07 Å². The van der Waals surface area contributed by atoms with Crippen molar-refractivity contribution in [2.75, 3.05) is 20.0 Å². The van der Waals surface area contributed by atoms with Gasteiger partial charge in [0.1, 0.15) is 0 Å². The highest BCUT2D eigenvalue weighted by Crippen LogP contribution is 2.33. The molecule has 76 valence electrons. The van der Waals surface area contributed by atoms with E-state index in [2.05, 4.69) is 0 Å². The minimum absolute atomic E-state index is 0.212. The summed E-state index contributed by atoms with van der Waals surface area (Å²) in [7, 11) is 2.89. The Morgan fingerprint density at radius 3 is 2.36 bits per heavy atom. The van der Waals surface area contributed by atoms with Crippen LogP contribution >= 0.6 is 0 Å². The smallest absolute Gasteiger partial charge is 0.252 e. The molecule has 0 unspecified atom stereocenters. The molecule has 5 nitrogen and oxygen atoms in total. The molecule has 0 aliphatic heterocycles. The molecule has 1 amide bonds. The van der Waals surface area contributed by atoms with Gasteiger partial charge >= 0.3 is 0 Å². The maximum Gasteiger partial charge on any atom is 0.252 e. The van der Waals surface area contributed by atoms with E-state index in [9.17, 15) is 4.79 Å². The van der Waals surface area contributed by atoms with Crippen molar-refractivity contribution < 1.29 is 14.3 Å². The zero-order valence-electron chi connectivity index (χ0n) is 8.03. The number of ether oxygens (including phenoxy) is 2. The van der Waals surface area contributed by atoms with Gasteiger partial charge in [0.25, 0.3) is 5.91 Å². The average Bonchev–Trinajstić information content (AvgIpc) is 2.16. The third kappa shape index (κ3) is 1.71. The number of benzene rings is 1. The molecule has 0 fully saturated rings. The van der Waals surface area contributed by atoms with E-state index in [-0.39, 0.29) is 5.56 Å². The van der Waals surface area contributed by atoms with E-state index in [0.717, 1.165) is 0 Å². The summed E-state index contributed by atoms with van der Waals surface area (Å²) in [5, 5.41) is 0. The largest absolute Gasteiger partial charge is 0.493 e. The number of nitrogens with two attached hydrogens (primary N) is 2. The van der Waals surface area contributed by atoms with Gasteiger partial charge in [0, 0.05) is 11.8 Å². The van der Waals surface area contributed by atoms with Gasteiger partial charge in [0.2, 0.25) is 0 Å². The number of methoxy groups -OCH3 is 2. The lowest BCUT2D eigenvalue weighted by atomic mass is 10.1. The molecule has 0 radical (unpaired) electrons. The van der Waals surface area contributed by atoms with Crippen molar-refractivity contribution in [2.45, 2.75) is 0 Å². The van der Waals surface area contributed by atoms with Gasteiger partial charge < -0.3 is 20.9 Å². The molecule has 4 N–H and O–H groups in total. The highest BCUT2D eigenvalue weighted by atomic mass is 16.5. The van der Waals surface area contributed by atoms with Gasteiger partial charge in [-0.2, -0.15) is 0 Å². The van der Waals surface area contributed by atoms with Gasteiger partial charge in [-0.25, -0.2) is 0 Å². The Bertz CT molecular complexity index is 363. The predicted molar refractivity (Wildman–Crippen MR) is 52.5 cm³/mol. The highest BCUT2D eigenvalue weighted by Gasteiger charge is 2.15. The van der Waals surface area contributed by atoms with Crippen LogP contribution in [0.15, 0.2) is 12.1 Å². The lowest BCUT2D eigenvalue weighted by Crippen LogP contribution is -2.13. The molecule has 0 spiro atoms. The number of nitrogen functional groups attached to an aromatic ring is 1.